The lowest BCUT2D eigenvalue weighted by Gasteiger charge is -2.10. The van der Waals surface area contributed by atoms with Crippen molar-refractivity contribution < 1.29 is 22.7 Å². The van der Waals surface area contributed by atoms with Crippen molar-refractivity contribution in [1.82, 2.24) is 9.97 Å². The van der Waals surface area contributed by atoms with Crippen LogP contribution in [0.2, 0.25) is 5.28 Å². The molecule has 0 radical (unpaired) electrons. The molecule has 0 amide bonds. The summed E-state index contributed by atoms with van der Waals surface area (Å²) in [6, 6.07) is 0. The molecule has 0 aliphatic heterocycles. The summed E-state index contributed by atoms with van der Waals surface area (Å²) in [5.41, 5.74) is -2.09. The third kappa shape index (κ3) is 3.10. The Hall–Kier alpha value is -1.37. The van der Waals surface area contributed by atoms with Crippen LogP contribution in [0.3, 0.4) is 0 Å². The van der Waals surface area contributed by atoms with Crippen molar-refractivity contribution >= 4 is 17.6 Å². The summed E-state index contributed by atoms with van der Waals surface area (Å²) >= 11 is 5.29. The third-order valence-electron chi connectivity index (χ3n) is 2.39. The van der Waals surface area contributed by atoms with E-state index in [2.05, 4.69) is 9.97 Å². The molecule has 8 heteroatoms. The average molecular weight is 281 g/mol. The Kier molecular flexibility index (Phi) is 3.43. The normalized spacial score (nSPS) is 15.6. The number of halogens is 4. The molecule has 1 aliphatic carbocycles. The second-order valence-electron chi connectivity index (χ2n) is 3.94. The van der Waals surface area contributed by atoms with Crippen molar-refractivity contribution in [3.8, 4) is 0 Å². The lowest BCUT2D eigenvalue weighted by Crippen LogP contribution is -2.18. The summed E-state index contributed by atoms with van der Waals surface area (Å²) in [6.45, 7) is 0.124. The Balaban J connectivity index is 2.22. The van der Waals surface area contributed by atoms with Crippen LogP contribution in [0.4, 0.5) is 13.2 Å². The summed E-state index contributed by atoms with van der Waals surface area (Å²) in [5, 5.41) is -0.568. The quantitative estimate of drug-likeness (QED) is 0.631. The maximum Gasteiger partial charge on any atom is 0.434 e. The first-order chi connectivity index (χ1) is 8.38. The lowest BCUT2D eigenvalue weighted by atomic mass is 10.2. The van der Waals surface area contributed by atoms with Gasteiger partial charge < -0.3 is 4.74 Å². The Morgan fingerprint density at radius 3 is 2.72 bits per heavy atom. The van der Waals surface area contributed by atoms with E-state index in [0.29, 0.717) is 0 Å². The van der Waals surface area contributed by atoms with E-state index in [1.807, 2.05) is 0 Å². The zero-order valence-electron chi connectivity index (χ0n) is 9.00. The fourth-order valence-corrected chi connectivity index (χ4v) is 1.41. The van der Waals surface area contributed by atoms with Crippen LogP contribution in [0.5, 0.6) is 0 Å². The lowest BCUT2D eigenvalue weighted by molar-refractivity contribution is -0.141. The molecule has 0 N–H and O–H groups in total. The van der Waals surface area contributed by atoms with Gasteiger partial charge in [-0.3, -0.25) is 0 Å². The number of rotatable bonds is 3. The largest absolute Gasteiger partial charge is 0.462 e. The van der Waals surface area contributed by atoms with E-state index in [0.717, 1.165) is 19.0 Å². The molecule has 0 atom stereocenters. The van der Waals surface area contributed by atoms with E-state index in [1.165, 1.54) is 0 Å². The van der Waals surface area contributed by atoms with Crippen LogP contribution in [-0.4, -0.2) is 22.5 Å². The number of alkyl halides is 3. The summed E-state index contributed by atoms with van der Waals surface area (Å²) < 4.78 is 42.7. The van der Waals surface area contributed by atoms with Gasteiger partial charge in [0.15, 0.2) is 5.69 Å². The Morgan fingerprint density at radius 1 is 1.50 bits per heavy atom. The fraction of sp³-hybridized carbons (Fsp3) is 0.500. The molecule has 18 heavy (non-hydrogen) atoms. The number of carbonyl (C=O) groups is 1. The highest BCUT2D eigenvalue weighted by atomic mass is 35.5. The molecule has 1 aliphatic rings. The van der Waals surface area contributed by atoms with Crippen molar-refractivity contribution in [2.24, 2.45) is 5.92 Å². The number of hydrogen-bond donors (Lipinski definition) is 0. The Labute approximate surface area is 105 Å². The van der Waals surface area contributed by atoms with Crippen LogP contribution in [0.1, 0.15) is 28.9 Å². The van der Waals surface area contributed by atoms with Crippen molar-refractivity contribution in [3.63, 3.8) is 0 Å². The summed E-state index contributed by atoms with van der Waals surface area (Å²) in [6.07, 6.45) is -2.19. The summed E-state index contributed by atoms with van der Waals surface area (Å²) in [7, 11) is 0. The molecule has 1 saturated carbocycles. The first-order valence-corrected chi connectivity index (χ1v) is 5.52. The van der Waals surface area contributed by atoms with Crippen molar-refractivity contribution in [2.45, 2.75) is 19.0 Å². The molecule has 1 heterocycles. The summed E-state index contributed by atoms with van der Waals surface area (Å²) in [5.74, 6) is -0.817. The molecule has 0 unspecified atom stereocenters. The molecule has 0 spiro atoms. The minimum absolute atomic E-state index is 0.124. The van der Waals surface area contributed by atoms with E-state index in [9.17, 15) is 18.0 Å². The summed E-state index contributed by atoms with van der Waals surface area (Å²) in [4.78, 5) is 17.9. The zero-order chi connectivity index (χ0) is 13.3. The van der Waals surface area contributed by atoms with Gasteiger partial charge in [-0.25, -0.2) is 14.8 Å². The molecule has 0 bridgehead atoms. The molecule has 0 saturated heterocycles. The van der Waals surface area contributed by atoms with Gasteiger partial charge >= 0.3 is 12.1 Å². The number of hydrogen-bond acceptors (Lipinski definition) is 4. The van der Waals surface area contributed by atoms with Crippen LogP contribution >= 0.6 is 11.6 Å². The van der Waals surface area contributed by atoms with E-state index in [-0.39, 0.29) is 12.5 Å². The molecule has 1 aromatic rings. The van der Waals surface area contributed by atoms with Crippen molar-refractivity contribution in [1.29, 1.82) is 0 Å². The smallest absolute Gasteiger partial charge is 0.434 e. The molecule has 1 fully saturated rings. The minimum Gasteiger partial charge on any atom is -0.462 e. The van der Waals surface area contributed by atoms with Gasteiger partial charge in [0.2, 0.25) is 5.28 Å². The van der Waals surface area contributed by atoms with Gasteiger partial charge in [-0.15, -0.1) is 0 Å². The van der Waals surface area contributed by atoms with Gasteiger partial charge in [-0.2, -0.15) is 13.2 Å². The molecular formula is C10H8ClF3N2O2. The Morgan fingerprint density at radius 2 is 2.17 bits per heavy atom. The van der Waals surface area contributed by atoms with Crippen molar-refractivity contribution in [2.75, 3.05) is 6.61 Å². The van der Waals surface area contributed by atoms with Gasteiger partial charge in [0, 0.05) is 6.20 Å². The zero-order valence-corrected chi connectivity index (χ0v) is 9.75. The average Bonchev–Trinajstić information content (AvgIpc) is 3.08. The van der Waals surface area contributed by atoms with Crippen LogP contribution < -0.4 is 0 Å². The van der Waals surface area contributed by atoms with Crippen molar-refractivity contribution in [3.05, 3.63) is 22.7 Å². The molecule has 2 rings (SSSR count). The SMILES string of the molecule is O=C(OCC1CC1)c1cnc(Cl)nc1C(F)(F)F. The van der Waals surface area contributed by atoms with Crippen LogP contribution in [0.15, 0.2) is 6.20 Å². The van der Waals surface area contributed by atoms with Crippen LogP contribution in [0.25, 0.3) is 0 Å². The van der Waals surface area contributed by atoms with Gasteiger partial charge in [0.1, 0.15) is 5.56 Å². The topological polar surface area (TPSA) is 52.1 Å². The van der Waals surface area contributed by atoms with Gasteiger partial charge in [0.25, 0.3) is 0 Å². The molecule has 1 aromatic heterocycles. The highest BCUT2D eigenvalue weighted by molar-refractivity contribution is 6.28. The fourth-order valence-electron chi connectivity index (χ4n) is 1.28. The standard InChI is InChI=1S/C10H8ClF3N2O2/c11-9-15-3-6(7(16-9)10(12,13)14)8(17)18-4-5-1-2-5/h3,5H,1-2,4H2. The molecule has 98 valence electrons. The van der Waals surface area contributed by atoms with Crippen LogP contribution in [-0.2, 0) is 10.9 Å². The van der Waals surface area contributed by atoms with E-state index in [4.69, 9.17) is 16.3 Å². The molecule has 0 aromatic carbocycles. The maximum atomic E-state index is 12.6. The van der Waals surface area contributed by atoms with E-state index >= 15 is 0 Å². The minimum atomic E-state index is -4.78. The third-order valence-corrected chi connectivity index (χ3v) is 2.58. The van der Waals surface area contributed by atoms with E-state index in [1.54, 1.807) is 0 Å². The predicted octanol–water partition coefficient (Wildman–Crippen LogP) is 2.72. The van der Waals surface area contributed by atoms with E-state index < -0.39 is 28.7 Å². The van der Waals surface area contributed by atoms with Gasteiger partial charge in [-0.1, -0.05) is 0 Å². The number of nitrogens with zero attached hydrogens (tertiary/aromatic N) is 2. The second-order valence-corrected chi connectivity index (χ2v) is 4.28. The number of carbonyl (C=O) groups excluding carboxylic acids is 1. The number of aromatic nitrogens is 2. The predicted molar refractivity (Wildman–Crippen MR) is 55.1 cm³/mol. The monoisotopic (exact) mass is 280 g/mol. The van der Waals surface area contributed by atoms with Gasteiger partial charge in [0.05, 0.1) is 6.61 Å². The molecular weight excluding hydrogens is 273 g/mol. The highest BCUT2D eigenvalue weighted by Gasteiger charge is 2.38. The molecule has 4 nitrogen and oxygen atoms in total. The number of ether oxygens (including phenoxy) is 1. The number of esters is 1. The van der Waals surface area contributed by atoms with Gasteiger partial charge in [-0.05, 0) is 30.4 Å². The van der Waals surface area contributed by atoms with Crippen LogP contribution in [0, 0.1) is 5.92 Å². The Bertz CT molecular complexity index is 475. The first-order valence-electron chi connectivity index (χ1n) is 5.15. The maximum absolute atomic E-state index is 12.6. The second kappa shape index (κ2) is 4.72. The highest BCUT2D eigenvalue weighted by Crippen LogP contribution is 2.32. The first kappa shape index (κ1) is 13.1.